The fourth-order valence-corrected chi connectivity index (χ4v) is 3.36. The molecule has 4 rings (SSSR count). The zero-order chi connectivity index (χ0) is 18.1. The normalized spacial score (nSPS) is 13.5. The highest BCUT2D eigenvalue weighted by Gasteiger charge is 2.24. The first-order valence-corrected chi connectivity index (χ1v) is 8.52. The van der Waals surface area contributed by atoms with Gasteiger partial charge in [0.15, 0.2) is 0 Å². The molecule has 6 heteroatoms. The Morgan fingerprint density at radius 2 is 1.96 bits per heavy atom. The average molecular weight is 351 g/mol. The number of H-pyrrole nitrogens is 1. The first-order chi connectivity index (χ1) is 12.6. The Hall–Kier alpha value is -3.15. The van der Waals surface area contributed by atoms with Crippen LogP contribution in [0.1, 0.15) is 21.6 Å². The molecule has 5 nitrogen and oxygen atoms in total. The van der Waals surface area contributed by atoms with Crippen LogP contribution in [-0.4, -0.2) is 34.8 Å². The van der Waals surface area contributed by atoms with Crippen LogP contribution in [0.5, 0.6) is 0 Å². The lowest BCUT2D eigenvalue weighted by Crippen LogP contribution is -2.42. The summed E-state index contributed by atoms with van der Waals surface area (Å²) in [5.41, 5.74) is 3.40. The van der Waals surface area contributed by atoms with Gasteiger partial charge in [0.2, 0.25) is 5.91 Å². The summed E-state index contributed by atoms with van der Waals surface area (Å²) in [6, 6.07) is 13.4. The molecule has 26 heavy (non-hydrogen) atoms. The van der Waals surface area contributed by atoms with Crippen LogP contribution in [0.3, 0.4) is 0 Å². The summed E-state index contributed by atoms with van der Waals surface area (Å²) in [6.07, 6.45) is 0.685. The monoisotopic (exact) mass is 351 g/mol. The van der Waals surface area contributed by atoms with E-state index in [4.69, 9.17) is 0 Å². The summed E-state index contributed by atoms with van der Waals surface area (Å²) in [5, 5.41) is 3.47. The molecule has 1 aromatic heterocycles. The molecule has 2 N–H and O–H groups in total. The molecule has 1 aliphatic heterocycles. The molecule has 3 aromatic rings. The molecule has 0 saturated heterocycles. The largest absolute Gasteiger partial charge is 0.358 e. The van der Waals surface area contributed by atoms with Crippen molar-refractivity contribution in [2.24, 2.45) is 0 Å². The van der Waals surface area contributed by atoms with Gasteiger partial charge in [0.05, 0.1) is 6.54 Å². The van der Waals surface area contributed by atoms with Gasteiger partial charge in [-0.05, 0) is 30.3 Å². The molecule has 0 radical (unpaired) electrons. The highest BCUT2D eigenvalue weighted by atomic mass is 19.1. The Labute approximate surface area is 149 Å². The van der Waals surface area contributed by atoms with E-state index in [9.17, 15) is 14.0 Å². The van der Waals surface area contributed by atoms with E-state index >= 15 is 0 Å². The second-order valence-electron chi connectivity index (χ2n) is 6.39. The number of fused-ring (bicyclic) bond motifs is 3. The molecule has 0 spiro atoms. The number of aromatic amines is 1. The van der Waals surface area contributed by atoms with Crippen molar-refractivity contribution in [1.29, 1.82) is 0 Å². The van der Waals surface area contributed by atoms with Crippen LogP contribution in [0, 0.1) is 5.82 Å². The minimum Gasteiger partial charge on any atom is -0.358 e. The number of halogens is 1. The van der Waals surface area contributed by atoms with Crippen LogP contribution in [0.25, 0.3) is 10.9 Å². The second kappa shape index (κ2) is 6.63. The van der Waals surface area contributed by atoms with Gasteiger partial charge in [-0.1, -0.05) is 18.2 Å². The molecule has 2 aromatic carbocycles. The number of amides is 2. The number of benzene rings is 2. The zero-order valence-electron chi connectivity index (χ0n) is 14.1. The topological polar surface area (TPSA) is 65.2 Å². The summed E-state index contributed by atoms with van der Waals surface area (Å²) in [4.78, 5) is 29.6. The molecule has 0 atom stereocenters. The molecular formula is C20H18FN3O2. The van der Waals surface area contributed by atoms with Crippen LogP contribution >= 0.6 is 0 Å². The first kappa shape index (κ1) is 16.3. The Bertz CT molecular complexity index is 981. The van der Waals surface area contributed by atoms with Crippen LogP contribution in [0.15, 0.2) is 48.5 Å². The molecule has 0 fully saturated rings. The third kappa shape index (κ3) is 3.06. The van der Waals surface area contributed by atoms with E-state index in [1.807, 2.05) is 6.07 Å². The van der Waals surface area contributed by atoms with E-state index in [0.717, 1.165) is 22.2 Å². The summed E-state index contributed by atoms with van der Waals surface area (Å²) >= 11 is 0. The van der Waals surface area contributed by atoms with Gasteiger partial charge in [-0.2, -0.15) is 0 Å². The van der Waals surface area contributed by atoms with E-state index < -0.39 is 0 Å². The van der Waals surface area contributed by atoms with Crippen molar-refractivity contribution in [1.82, 2.24) is 15.2 Å². The minimum atomic E-state index is -0.294. The quantitative estimate of drug-likeness (QED) is 0.762. The Morgan fingerprint density at radius 1 is 1.15 bits per heavy atom. The highest BCUT2D eigenvalue weighted by Crippen LogP contribution is 2.28. The van der Waals surface area contributed by atoms with E-state index in [0.29, 0.717) is 25.1 Å². The van der Waals surface area contributed by atoms with Gasteiger partial charge in [-0.25, -0.2) is 4.39 Å². The molecule has 2 heterocycles. The van der Waals surface area contributed by atoms with Crippen LogP contribution in [-0.2, 0) is 17.8 Å². The van der Waals surface area contributed by atoms with Crippen LogP contribution in [0.2, 0.25) is 0 Å². The lowest BCUT2D eigenvalue weighted by Gasteiger charge is -2.27. The summed E-state index contributed by atoms with van der Waals surface area (Å²) in [6.45, 7) is 0.931. The number of carbonyl (C=O) groups is 2. The maximum atomic E-state index is 13.6. The maximum Gasteiger partial charge on any atom is 0.251 e. The molecular weight excluding hydrogens is 333 g/mol. The molecule has 0 bridgehead atoms. The first-order valence-electron chi connectivity index (χ1n) is 8.52. The van der Waals surface area contributed by atoms with Gasteiger partial charge in [0.1, 0.15) is 5.82 Å². The molecule has 2 amide bonds. The van der Waals surface area contributed by atoms with E-state index in [2.05, 4.69) is 10.3 Å². The smallest absolute Gasteiger partial charge is 0.251 e. The number of nitrogens with one attached hydrogen (secondary N) is 2. The van der Waals surface area contributed by atoms with Crippen LogP contribution < -0.4 is 5.32 Å². The third-order valence-corrected chi connectivity index (χ3v) is 4.73. The van der Waals surface area contributed by atoms with Crippen molar-refractivity contribution in [3.05, 3.63) is 71.2 Å². The van der Waals surface area contributed by atoms with Crippen molar-refractivity contribution in [2.45, 2.75) is 13.0 Å². The number of hydrogen-bond donors (Lipinski definition) is 2. The van der Waals surface area contributed by atoms with Crippen molar-refractivity contribution in [3.63, 3.8) is 0 Å². The minimum absolute atomic E-state index is 0.0558. The van der Waals surface area contributed by atoms with Gasteiger partial charge < -0.3 is 15.2 Å². The Balaban J connectivity index is 1.45. The molecule has 132 valence electrons. The second-order valence-corrected chi connectivity index (χ2v) is 6.39. The number of hydrogen-bond acceptors (Lipinski definition) is 2. The maximum absolute atomic E-state index is 13.6. The standard InChI is InChI=1S/C20H18FN3O2/c21-14-6-7-17-15(10-14)16-12-24(9-8-18(16)23-17)19(25)11-22-20(26)13-4-2-1-3-5-13/h1-7,10,23H,8-9,11-12H2,(H,22,26). The fourth-order valence-electron chi connectivity index (χ4n) is 3.36. The van der Waals surface area contributed by atoms with Gasteiger partial charge in [-0.15, -0.1) is 0 Å². The SMILES string of the molecule is O=C(NCC(=O)N1CCc2[nH]c3ccc(F)cc3c2C1)c1ccccc1. The van der Waals surface area contributed by atoms with Gasteiger partial charge in [-0.3, -0.25) is 9.59 Å². The summed E-state index contributed by atoms with van der Waals surface area (Å²) in [7, 11) is 0. The lowest BCUT2D eigenvalue weighted by molar-refractivity contribution is -0.131. The molecule has 0 saturated carbocycles. The van der Waals surface area contributed by atoms with Crippen molar-refractivity contribution >= 4 is 22.7 Å². The Morgan fingerprint density at radius 3 is 2.77 bits per heavy atom. The fraction of sp³-hybridized carbons (Fsp3) is 0.200. The number of carbonyl (C=O) groups excluding carboxylic acids is 2. The van der Waals surface area contributed by atoms with Crippen molar-refractivity contribution < 1.29 is 14.0 Å². The van der Waals surface area contributed by atoms with E-state index in [-0.39, 0.29) is 24.2 Å². The number of nitrogens with zero attached hydrogens (tertiary/aromatic N) is 1. The number of rotatable bonds is 3. The predicted molar refractivity (Wildman–Crippen MR) is 96.2 cm³/mol. The highest BCUT2D eigenvalue weighted by molar-refractivity contribution is 5.96. The van der Waals surface area contributed by atoms with Crippen LogP contribution in [0.4, 0.5) is 4.39 Å². The average Bonchev–Trinajstić information content (AvgIpc) is 3.03. The van der Waals surface area contributed by atoms with E-state index in [1.165, 1.54) is 12.1 Å². The number of aromatic nitrogens is 1. The zero-order valence-corrected chi connectivity index (χ0v) is 14.1. The van der Waals surface area contributed by atoms with Gasteiger partial charge in [0, 0.05) is 47.2 Å². The van der Waals surface area contributed by atoms with Gasteiger partial charge in [0.25, 0.3) is 5.91 Å². The van der Waals surface area contributed by atoms with Gasteiger partial charge >= 0.3 is 0 Å². The lowest BCUT2D eigenvalue weighted by atomic mass is 10.0. The summed E-state index contributed by atoms with van der Waals surface area (Å²) in [5.74, 6) is -0.714. The third-order valence-electron chi connectivity index (χ3n) is 4.73. The predicted octanol–water partition coefficient (Wildman–Crippen LogP) is 2.62. The molecule has 0 aliphatic carbocycles. The summed E-state index contributed by atoms with van der Waals surface area (Å²) < 4.78 is 13.6. The van der Waals surface area contributed by atoms with Crippen molar-refractivity contribution in [3.8, 4) is 0 Å². The van der Waals surface area contributed by atoms with E-state index in [1.54, 1.807) is 35.2 Å². The Kier molecular flexibility index (Phi) is 4.16. The van der Waals surface area contributed by atoms with Crippen molar-refractivity contribution in [2.75, 3.05) is 13.1 Å². The molecule has 0 unspecified atom stereocenters. The molecule has 1 aliphatic rings.